The van der Waals surface area contributed by atoms with E-state index in [4.69, 9.17) is 4.74 Å². The van der Waals surface area contributed by atoms with Crippen LogP contribution >= 0.6 is 0 Å². The maximum absolute atomic E-state index is 12.5. The zero-order valence-corrected chi connectivity index (χ0v) is 8.61. The normalized spacial score (nSPS) is 25.5. The monoisotopic (exact) mass is 211 g/mol. The van der Waals surface area contributed by atoms with Gasteiger partial charge in [-0.2, -0.15) is 0 Å². The first kappa shape index (κ1) is 10.3. The average Bonchev–Trinajstić information content (AvgIpc) is 2.63. The van der Waals surface area contributed by atoms with Gasteiger partial charge < -0.3 is 10.1 Å². The van der Waals surface area contributed by atoms with E-state index in [1.54, 1.807) is 0 Å². The summed E-state index contributed by atoms with van der Waals surface area (Å²) in [6.45, 7) is 3.65. The zero-order valence-electron chi connectivity index (χ0n) is 8.61. The van der Waals surface area contributed by atoms with Crippen LogP contribution in [-0.4, -0.2) is 29.2 Å². The summed E-state index contributed by atoms with van der Waals surface area (Å²) in [5.74, 6) is 0.535. The van der Waals surface area contributed by atoms with Gasteiger partial charge in [0.25, 0.3) is 0 Å². The van der Waals surface area contributed by atoms with Crippen molar-refractivity contribution in [2.75, 3.05) is 18.5 Å². The molecule has 0 bridgehead atoms. The lowest BCUT2D eigenvalue weighted by Gasteiger charge is -2.14. The summed E-state index contributed by atoms with van der Waals surface area (Å²) in [4.78, 5) is 7.65. The van der Waals surface area contributed by atoms with Crippen LogP contribution in [0.5, 0.6) is 0 Å². The van der Waals surface area contributed by atoms with Crippen LogP contribution in [0.15, 0.2) is 12.4 Å². The minimum atomic E-state index is -0.418. The summed E-state index contributed by atoms with van der Waals surface area (Å²) in [6, 6.07) is 0. The summed E-state index contributed by atoms with van der Waals surface area (Å²) in [5, 5.41) is 3.08. The molecule has 0 aromatic carbocycles. The van der Waals surface area contributed by atoms with Crippen LogP contribution in [0.1, 0.15) is 13.3 Å². The molecule has 2 unspecified atom stereocenters. The first-order valence-corrected chi connectivity index (χ1v) is 5.09. The first-order chi connectivity index (χ1) is 7.25. The highest BCUT2D eigenvalue weighted by molar-refractivity contribution is 5.22. The van der Waals surface area contributed by atoms with Gasteiger partial charge in [-0.05, 0) is 13.3 Å². The van der Waals surface area contributed by atoms with Gasteiger partial charge in [-0.25, -0.2) is 14.4 Å². The van der Waals surface area contributed by atoms with Gasteiger partial charge >= 0.3 is 0 Å². The molecule has 82 valence electrons. The maximum atomic E-state index is 12.5. The van der Waals surface area contributed by atoms with Gasteiger partial charge in [-0.3, -0.25) is 0 Å². The number of hydrogen-bond acceptors (Lipinski definition) is 4. The fourth-order valence-electron chi connectivity index (χ4n) is 1.67. The molecule has 1 aromatic rings. The Hall–Kier alpha value is -1.23. The van der Waals surface area contributed by atoms with Gasteiger partial charge in [-0.1, -0.05) is 0 Å². The molecule has 0 spiro atoms. The Bertz CT molecular complexity index is 317. The largest absolute Gasteiger partial charge is 0.378 e. The molecule has 1 aliphatic heterocycles. The van der Waals surface area contributed by atoms with Crippen LogP contribution in [-0.2, 0) is 4.74 Å². The fourth-order valence-corrected chi connectivity index (χ4v) is 1.67. The smallest absolute Gasteiger partial charge is 0.222 e. The molecule has 2 heterocycles. The number of ether oxygens (including phenoxy) is 1. The molecular formula is C10H14FN3O. The van der Waals surface area contributed by atoms with E-state index >= 15 is 0 Å². The molecule has 1 N–H and O–H groups in total. The molecule has 1 saturated heterocycles. The van der Waals surface area contributed by atoms with E-state index in [1.165, 1.54) is 0 Å². The second-order valence-corrected chi connectivity index (χ2v) is 3.73. The molecule has 0 aliphatic carbocycles. The Morgan fingerprint density at radius 1 is 1.53 bits per heavy atom. The minimum Gasteiger partial charge on any atom is -0.378 e. The van der Waals surface area contributed by atoms with E-state index in [9.17, 15) is 4.39 Å². The van der Waals surface area contributed by atoms with Gasteiger partial charge in [0.05, 0.1) is 18.5 Å². The van der Waals surface area contributed by atoms with Crippen molar-refractivity contribution in [3.05, 3.63) is 18.2 Å². The second-order valence-electron chi connectivity index (χ2n) is 3.73. The van der Waals surface area contributed by atoms with Crippen LogP contribution in [0.4, 0.5) is 10.3 Å². The fraction of sp³-hybridized carbons (Fsp3) is 0.600. The lowest BCUT2D eigenvalue weighted by Crippen LogP contribution is -2.21. The van der Waals surface area contributed by atoms with E-state index in [0.717, 1.165) is 32.0 Å². The summed E-state index contributed by atoms with van der Waals surface area (Å²) >= 11 is 0. The van der Waals surface area contributed by atoms with Gasteiger partial charge in [0.2, 0.25) is 5.95 Å². The van der Waals surface area contributed by atoms with Gasteiger partial charge in [0.15, 0.2) is 5.82 Å². The van der Waals surface area contributed by atoms with Gasteiger partial charge in [-0.15, -0.1) is 0 Å². The molecule has 0 saturated carbocycles. The summed E-state index contributed by atoms with van der Waals surface area (Å²) in [5.41, 5.74) is 0. The molecule has 15 heavy (non-hydrogen) atoms. The molecule has 0 amide bonds. The highest BCUT2D eigenvalue weighted by atomic mass is 19.1. The highest BCUT2D eigenvalue weighted by Crippen LogP contribution is 2.20. The molecule has 1 aliphatic rings. The van der Waals surface area contributed by atoms with Crippen molar-refractivity contribution in [1.82, 2.24) is 9.97 Å². The van der Waals surface area contributed by atoms with Crippen molar-refractivity contribution in [2.45, 2.75) is 19.4 Å². The van der Waals surface area contributed by atoms with Crippen molar-refractivity contribution >= 4 is 5.95 Å². The molecule has 1 aromatic heterocycles. The van der Waals surface area contributed by atoms with Crippen molar-refractivity contribution in [3.63, 3.8) is 0 Å². The number of aromatic nitrogens is 2. The topological polar surface area (TPSA) is 47.0 Å². The summed E-state index contributed by atoms with van der Waals surface area (Å²) < 4.78 is 17.9. The molecule has 4 nitrogen and oxygen atoms in total. The number of rotatable bonds is 3. The number of nitrogens with one attached hydrogen (secondary N) is 1. The Morgan fingerprint density at radius 3 is 2.87 bits per heavy atom. The quantitative estimate of drug-likeness (QED) is 0.822. The minimum absolute atomic E-state index is 0.276. The summed E-state index contributed by atoms with van der Waals surface area (Å²) in [6.07, 6.45) is 3.64. The molecular weight excluding hydrogens is 197 g/mol. The molecule has 1 fully saturated rings. The summed E-state index contributed by atoms with van der Waals surface area (Å²) in [7, 11) is 0. The maximum Gasteiger partial charge on any atom is 0.222 e. The van der Waals surface area contributed by atoms with E-state index in [-0.39, 0.29) is 6.10 Å². The lowest BCUT2D eigenvalue weighted by molar-refractivity contribution is 0.108. The standard InChI is InChI=1S/C10H14FN3O/c1-7-8(2-3-15-7)4-12-10-13-5-9(11)6-14-10/h5-8H,2-4H2,1H3,(H,12,13,14). The third-order valence-electron chi connectivity index (χ3n) is 2.68. The number of halogens is 1. The molecule has 2 rings (SSSR count). The molecule has 2 atom stereocenters. The second kappa shape index (κ2) is 4.53. The average molecular weight is 211 g/mol. The van der Waals surface area contributed by atoms with Crippen LogP contribution in [0, 0.1) is 11.7 Å². The Balaban J connectivity index is 1.85. The van der Waals surface area contributed by atoms with E-state index < -0.39 is 5.82 Å². The predicted molar refractivity (Wildman–Crippen MR) is 54.0 cm³/mol. The van der Waals surface area contributed by atoms with Crippen LogP contribution in [0.3, 0.4) is 0 Å². The number of nitrogens with zero attached hydrogens (tertiary/aromatic N) is 2. The van der Waals surface area contributed by atoms with E-state index in [2.05, 4.69) is 22.2 Å². The Kier molecular flexibility index (Phi) is 3.11. The van der Waals surface area contributed by atoms with E-state index in [1.807, 2.05) is 0 Å². The van der Waals surface area contributed by atoms with Crippen molar-refractivity contribution in [3.8, 4) is 0 Å². The molecule has 5 heteroatoms. The van der Waals surface area contributed by atoms with Crippen molar-refractivity contribution < 1.29 is 9.13 Å². The van der Waals surface area contributed by atoms with Crippen LogP contribution < -0.4 is 5.32 Å². The lowest BCUT2D eigenvalue weighted by atomic mass is 10.0. The number of hydrogen-bond donors (Lipinski definition) is 1. The zero-order chi connectivity index (χ0) is 10.7. The van der Waals surface area contributed by atoms with Crippen LogP contribution in [0.2, 0.25) is 0 Å². The third kappa shape index (κ3) is 2.62. The Morgan fingerprint density at radius 2 is 2.27 bits per heavy atom. The first-order valence-electron chi connectivity index (χ1n) is 5.09. The number of anilines is 1. The van der Waals surface area contributed by atoms with E-state index in [0.29, 0.717) is 11.9 Å². The predicted octanol–water partition coefficient (Wildman–Crippen LogP) is 1.45. The molecule has 0 radical (unpaired) electrons. The third-order valence-corrected chi connectivity index (χ3v) is 2.68. The van der Waals surface area contributed by atoms with Crippen molar-refractivity contribution in [2.24, 2.45) is 5.92 Å². The van der Waals surface area contributed by atoms with Crippen LogP contribution in [0.25, 0.3) is 0 Å². The Labute approximate surface area is 87.9 Å². The van der Waals surface area contributed by atoms with Gasteiger partial charge in [0, 0.05) is 19.1 Å². The van der Waals surface area contributed by atoms with Crippen molar-refractivity contribution in [1.29, 1.82) is 0 Å². The SMILES string of the molecule is CC1OCCC1CNc1ncc(F)cn1. The van der Waals surface area contributed by atoms with Gasteiger partial charge in [0.1, 0.15) is 0 Å². The highest BCUT2D eigenvalue weighted by Gasteiger charge is 2.23.